The molecular weight excluding hydrogens is 321 g/mol. The lowest BCUT2D eigenvalue weighted by molar-refractivity contribution is 0.467. The molecule has 0 spiro atoms. The summed E-state index contributed by atoms with van der Waals surface area (Å²) in [6.07, 6.45) is 0. The van der Waals surface area contributed by atoms with E-state index in [2.05, 4.69) is 21.2 Å². The average molecular weight is 333 g/mol. The molecule has 1 aromatic heterocycles. The highest BCUT2D eigenvalue weighted by atomic mass is 79.9. The topological polar surface area (TPSA) is 25.2 Å². The fourth-order valence-electron chi connectivity index (χ4n) is 1.65. The van der Waals surface area contributed by atoms with E-state index in [9.17, 15) is 4.39 Å². The summed E-state index contributed by atoms with van der Waals surface area (Å²) in [4.78, 5) is 0. The van der Waals surface area contributed by atoms with Crippen molar-refractivity contribution >= 4 is 33.2 Å². The van der Waals surface area contributed by atoms with Crippen LogP contribution in [0.25, 0.3) is 0 Å². The average Bonchev–Trinajstić information content (AvgIpc) is 2.70. The van der Waals surface area contributed by atoms with Gasteiger partial charge in [0.15, 0.2) is 0 Å². The van der Waals surface area contributed by atoms with Crippen molar-refractivity contribution < 1.29 is 8.81 Å². The SMILES string of the molecule is Cc1ccc(C(C)Nc2c(Cl)cc(F)cc2Br)o1. The second-order valence-electron chi connectivity index (χ2n) is 4.06. The van der Waals surface area contributed by atoms with E-state index in [0.717, 1.165) is 11.5 Å². The molecule has 1 N–H and O–H groups in total. The van der Waals surface area contributed by atoms with Crippen LogP contribution in [-0.2, 0) is 0 Å². The highest BCUT2D eigenvalue weighted by Gasteiger charge is 2.14. The molecular formula is C13H12BrClFNO. The van der Waals surface area contributed by atoms with Gasteiger partial charge in [0.05, 0.1) is 16.8 Å². The van der Waals surface area contributed by atoms with Gasteiger partial charge in [0, 0.05) is 4.47 Å². The number of rotatable bonds is 3. The summed E-state index contributed by atoms with van der Waals surface area (Å²) in [5.41, 5.74) is 0.652. The molecule has 1 unspecified atom stereocenters. The summed E-state index contributed by atoms with van der Waals surface area (Å²) < 4.78 is 19.2. The summed E-state index contributed by atoms with van der Waals surface area (Å²) >= 11 is 9.30. The van der Waals surface area contributed by atoms with Crippen LogP contribution in [0.5, 0.6) is 0 Å². The summed E-state index contributed by atoms with van der Waals surface area (Å²) in [6.45, 7) is 3.83. The smallest absolute Gasteiger partial charge is 0.126 e. The van der Waals surface area contributed by atoms with Crippen LogP contribution in [-0.4, -0.2) is 0 Å². The second kappa shape index (κ2) is 5.33. The molecule has 18 heavy (non-hydrogen) atoms. The zero-order valence-electron chi connectivity index (χ0n) is 9.93. The Balaban J connectivity index is 2.24. The number of furan rings is 1. The molecule has 2 nitrogen and oxygen atoms in total. The Kier molecular flexibility index (Phi) is 3.97. The van der Waals surface area contributed by atoms with Gasteiger partial charge in [0.1, 0.15) is 17.3 Å². The van der Waals surface area contributed by atoms with E-state index in [4.69, 9.17) is 16.0 Å². The highest BCUT2D eigenvalue weighted by molar-refractivity contribution is 9.10. The molecule has 0 aliphatic rings. The number of hydrogen-bond acceptors (Lipinski definition) is 2. The normalized spacial score (nSPS) is 12.5. The van der Waals surface area contributed by atoms with Crippen LogP contribution >= 0.6 is 27.5 Å². The van der Waals surface area contributed by atoms with Gasteiger partial charge in [-0.25, -0.2) is 4.39 Å². The number of hydrogen-bond donors (Lipinski definition) is 1. The van der Waals surface area contributed by atoms with Gasteiger partial charge in [0.2, 0.25) is 0 Å². The molecule has 2 rings (SSSR count). The monoisotopic (exact) mass is 331 g/mol. The molecule has 1 aromatic carbocycles. The lowest BCUT2D eigenvalue weighted by atomic mass is 10.2. The first kappa shape index (κ1) is 13.4. The maximum absolute atomic E-state index is 13.1. The third kappa shape index (κ3) is 2.87. The number of anilines is 1. The minimum atomic E-state index is -0.376. The van der Waals surface area contributed by atoms with Gasteiger partial charge in [-0.05, 0) is 54.0 Å². The fraction of sp³-hybridized carbons (Fsp3) is 0.231. The van der Waals surface area contributed by atoms with E-state index in [1.165, 1.54) is 12.1 Å². The van der Waals surface area contributed by atoms with E-state index < -0.39 is 0 Å². The molecule has 1 heterocycles. The van der Waals surface area contributed by atoms with Gasteiger partial charge in [0.25, 0.3) is 0 Å². The fourth-order valence-corrected chi connectivity index (χ4v) is 2.58. The first-order chi connectivity index (χ1) is 8.47. The van der Waals surface area contributed by atoms with Crippen LogP contribution in [0.1, 0.15) is 24.5 Å². The quantitative estimate of drug-likeness (QED) is 0.823. The third-order valence-corrected chi connectivity index (χ3v) is 3.48. The molecule has 0 bridgehead atoms. The van der Waals surface area contributed by atoms with Crippen molar-refractivity contribution in [2.45, 2.75) is 19.9 Å². The van der Waals surface area contributed by atoms with Crippen molar-refractivity contribution in [1.82, 2.24) is 0 Å². The van der Waals surface area contributed by atoms with Crippen LogP contribution in [0.2, 0.25) is 5.02 Å². The minimum Gasteiger partial charge on any atom is -0.464 e. The Labute approximate surface area is 118 Å². The molecule has 2 aromatic rings. The number of benzene rings is 1. The van der Waals surface area contributed by atoms with Crippen molar-refractivity contribution in [3.8, 4) is 0 Å². The van der Waals surface area contributed by atoms with Gasteiger partial charge >= 0.3 is 0 Å². The summed E-state index contributed by atoms with van der Waals surface area (Å²) in [5.74, 6) is 1.28. The summed E-state index contributed by atoms with van der Waals surface area (Å²) in [5, 5.41) is 3.53. The zero-order chi connectivity index (χ0) is 13.3. The minimum absolute atomic E-state index is 0.0574. The maximum atomic E-state index is 13.1. The van der Waals surface area contributed by atoms with Gasteiger partial charge in [-0.3, -0.25) is 0 Å². The molecule has 1 atom stereocenters. The molecule has 0 fully saturated rings. The Morgan fingerprint density at radius 2 is 2.11 bits per heavy atom. The lowest BCUT2D eigenvalue weighted by Crippen LogP contribution is -2.06. The second-order valence-corrected chi connectivity index (χ2v) is 5.32. The Morgan fingerprint density at radius 3 is 2.67 bits per heavy atom. The first-order valence-electron chi connectivity index (χ1n) is 5.45. The Bertz CT molecular complexity index is 547. The number of halogens is 3. The van der Waals surface area contributed by atoms with E-state index in [1.54, 1.807) is 0 Å². The predicted molar refractivity (Wildman–Crippen MR) is 74.6 cm³/mol. The third-order valence-electron chi connectivity index (χ3n) is 2.56. The van der Waals surface area contributed by atoms with E-state index >= 15 is 0 Å². The van der Waals surface area contributed by atoms with Crippen molar-refractivity contribution in [3.05, 3.63) is 51.1 Å². The summed E-state index contributed by atoms with van der Waals surface area (Å²) in [7, 11) is 0. The van der Waals surface area contributed by atoms with Crippen LogP contribution < -0.4 is 5.32 Å². The van der Waals surface area contributed by atoms with Crippen LogP contribution in [0, 0.1) is 12.7 Å². The van der Waals surface area contributed by atoms with Crippen molar-refractivity contribution in [1.29, 1.82) is 0 Å². The van der Waals surface area contributed by atoms with Crippen molar-refractivity contribution in [2.75, 3.05) is 5.32 Å². The number of nitrogens with one attached hydrogen (secondary N) is 1. The van der Waals surface area contributed by atoms with Gasteiger partial charge < -0.3 is 9.73 Å². The van der Waals surface area contributed by atoms with E-state index in [0.29, 0.717) is 15.2 Å². The van der Waals surface area contributed by atoms with Gasteiger partial charge in [-0.2, -0.15) is 0 Å². The Morgan fingerprint density at radius 1 is 1.39 bits per heavy atom. The Hall–Kier alpha value is -1.000. The molecule has 0 aliphatic heterocycles. The van der Waals surface area contributed by atoms with Crippen molar-refractivity contribution in [2.24, 2.45) is 0 Å². The van der Waals surface area contributed by atoms with Gasteiger partial charge in [-0.15, -0.1) is 0 Å². The van der Waals surface area contributed by atoms with E-state index in [-0.39, 0.29) is 11.9 Å². The number of aryl methyl sites for hydroxylation is 1. The highest BCUT2D eigenvalue weighted by Crippen LogP contribution is 2.34. The summed E-state index contributed by atoms with van der Waals surface area (Å²) in [6, 6.07) is 6.38. The zero-order valence-corrected chi connectivity index (χ0v) is 12.3. The first-order valence-corrected chi connectivity index (χ1v) is 6.62. The van der Waals surface area contributed by atoms with Gasteiger partial charge in [-0.1, -0.05) is 11.6 Å². The maximum Gasteiger partial charge on any atom is 0.126 e. The van der Waals surface area contributed by atoms with Crippen LogP contribution in [0.4, 0.5) is 10.1 Å². The predicted octanol–water partition coefficient (Wildman–Crippen LogP) is 5.32. The van der Waals surface area contributed by atoms with Crippen LogP contribution in [0.15, 0.2) is 33.2 Å². The molecule has 0 saturated carbocycles. The molecule has 5 heteroatoms. The largest absolute Gasteiger partial charge is 0.464 e. The molecule has 0 aliphatic carbocycles. The molecule has 0 radical (unpaired) electrons. The lowest BCUT2D eigenvalue weighted by Gasteiger charge is -2.16. The van der Waals surface area contributed by atoms with Crippen LogP contribution in [0.3, 0.4) is 0 Å². The molecule has 0 saturated heterocycles. The van der Waals surface area contributed by atoms with Crippen molar-refractivity contribution in [3.63, 3.8) is 0 Å². The molecule has 96 valence electrons. The standard InChI is InChI=1S/C13H12BrClFNO/c1-7-3-4-12(18-7)8(2)17-13-10(14)5-9(16)6-11(13)15/h3-6,8,17H,1-2H3. The molecule has 0 amide bonds. The van der Waals surface area contributed by atoms with E-state index in [1.807, 2.05) is 26.0 Å².